The molecule has 19 heavy (non-hydrogen) atoms. The number of halogens is 1. The van der Waals surface area contributed by atoms with E-state index in [1.165, 1.54) is 10.9 Å². The van der Waals surface area contributed by atoms with Crippen LogP contribution in [-0.2, 0) is 18.4 Å². The summed E-state index contributed by atoms with van der Waals surface area (Å²) in [5.41, 5.74) is 1.19. The van der Waals surface area contributed by atoms with Crippen LogP contribution in [0, 0.1) is 18.3 Å². The Labute approximate surface area is 117 Å². The van der Waals surface area contributed by atoms with Crippen molar-refractivity contribution >= 4 is 27.7 Å². The summed E-state index contributed by atoms with van der Waals surface area (Å²) in [6.07, 6.45) is 3.04. The van der Waals surface area contributed by atoms with Gasteiger partial charge in [0.25, 0.3) is 0 Å². The number of rotatable bonds is 3. The molecular weight excluding hydrogens is 312 g/mol. The number of anilines is 1. The summed E-state index contributed by atoms with van der Waals surface area (Å²) < 4.78 is 3.86. The van der Waals surface area contributed by atoms with Crippen LogP contribution in [0.5, 0.6) is 0 Å². The van der Waals surface area contributed by atoms with Gasteiger partial charge in [-0.05, 0) is 22.9 Å². The zero-order chi connectivity index (χ0) is 14.0. The molecule has 0 unspecified atom stereocenters. The van der Waals surface area contributed by atoms with Crippen LogP contribution in [0.1, 0.15) is 11.3 Å². The Morgan fingerprint density at radius 3 is 2.84 bits per heavy atom. The van der Waals surface area contributed by atoms with Gasteiger partial charge in [0.05, 0.1) is 22.6 Å². The second-order valence-electron chi connectivity index (χ2n) is 3.93. The van der Waals surface area contributed by atoms with Crippen LogP contribution in [0.15, 0.2) is 16.9 Å². The van der Waals surface area contributed by atoms with Gasteiger partial charge < -0.3 is 5.32 Å². The lowest BCUT2D eigenvalue weighted by Gasteiger charge is -2.07. The van der Waals surface area contributed by atoms with Crippen LogP contribution < -0.4 is 5.32 Å². The van der Waals surface area contributed by atoms with Gasteiger partial charge in [-0.3, -0.25) is 14.2 Å². The summed E-state index contributed by atoms with van der Waals surface area (Å²) in [6.45, 7) is 1.93. The molecule has 0 saturated heterocycles. The Morgan fingerprint density at radius 1 is 1.53 bits per heavy atom. The largest absolute Gasteiger partial charge is 0.308 e. The first-order valence-corrected chi connectivity index (χ1v) is 6.22. The van der Waals surface area contributed by atoms with E-state index in [2.05, 4.69) is 31.4 Å². The second kappa shape index (κ2) is 5.24. The molecule has 2 aromatic heterocycles. The van der Waals surface area contributed by atoms with Crippen molar-refractivity contribution in [2.75, 3.05) is 5.32 Å². The van der Waals surface area contributed by atoms with E-state index in [1.54, 1.807) is 17.9 Å². The fourth-order valence-electron chi connectivity index (χ4n) is 1.56. The molecule has 1 amide bonds. The number of hydrogen-bond donors (Lipinski definition) is 1. The zero-order valence-corrected chi connectivity index (χ0v) is 12.0. The Bertz CT molecular complexity index is 665. The molecule has 0 atom stereocenters. The first kappa shape index (κ1) is 13.3. The summed E-state index contributed by atoms with van der Waals surface area (Å²) in [7, 11) is 1.66. The maximum atomic E-state index is 11.9. The smallest absolute Gasteiger partial charge is 0.247 e. The zero-order valence-electron chi connectivity index (χ0n) is 10.4. The molecule has 2 rings (SSSR count). The summed E-state index contributed by atoms with van der Waals surface area (Å²) >= 11 is 3.33. The van der Waals surface area contributed by atoms with Gasteiger partial charge in [0, 0.05) is 7.05 Å². The summed E-state index contributed by atoms with van der Waals surface area (Å²) in [5, 5.41) is 19.6. The molecule has 0 spiro atoms. The lowest BCUT2D eigenvalue weighted by molar-refractivity contribution is -0.117. The molecule has 1 N–H and O–H groups in total. The fraction of sp³-hybridized carbons (Fsp3) is 0.273. The van der Waals surface area contributed by atoms with Gasteiger partial charge in [0.15, 0.2) is 0 Å². The lowest BCUT2D eigenvalue weighted by atomic mass is 10.3. The molecule has 7 nitrogen and oxygen atoms in total. The van der Waals surface area contributed by atoms with E-state index < -0.39 is 0 Å². The van der Waals surface area contributed by atoms with E-state index in [9.17, 15) is 4.79 Å². The third kappa shape index (κ3) is 2.66. The first-order chi connectivity index (χ1) is 9.02. The monoisotopic (exact) mass is 322 g/mol. The van der Waals surface area contributed by atoms with Gasteiger partial charge in [-0.15, -0.1) is 0 Å². The van der Waals surface area contributed by atoms with Crippen LogP contribution in [0.4, 0.5) is 5.82 Å². The van der Waals surface area contributed by atoms with Crippen molar-refractivity contribution in [3.05, 3.63) is 28.1 Å². The van der Waals surface area contributed by atoms with Crippen molar-refractivity contribution in [3.63, 3.8) is 0 Å². The van der Waals surface area contributed by atoms with Crippen LogP contribution in [0.2, 0.25) is 0 Å². The predicted octanol–water partition coefficient (Wildman–Crippen LogP) is 1.20. The number of nitrogens with zero attached hydrogens (tertiary/aromatic N) is 5. The Morgan fingerprint density at radius 2 is 2.26 bits per heavy atom. The number of nitriles is 1. The van der Waals surface area contributed by atoms with Gasteiger partial charge in [-0.2, -0.15) is 15.5 Å². The number of hydrogen-bond acceptors (Lipinski definition) is 4. The number of carbonyl (C=O) groups is 1. The van der Waals surface area contributed by atoms with E-state index in [-0.39, 0.29) is 12.5 Å². The summed E-state index contributed by atoms with van der Waals surface area (Å²) in [6, 6.07) is 1.97. The Hall–Kier alpha value is -2.14. The average molecular weight is 323 g/mol. The number of nitrogens with one attached hydrogen (secondary N) is 1. The standard InChI is InChI=1S/C11H11BrN6O/c1-7-9(12)5-15-18(7)6-10(19)16-11-8(3-13)4-14-17(11)2/h4-5H,6H2,1-2H3,(H,16,19). The molecule has 2 aromatic rings. The summed E-state index contributed by atoms with van der Waals surface area (Å²) in [5.74, 6) is 0.121. The summed E-state index contributed by atoms with van der Waals surface area (Å²) in [4.78, 5) is 11.9. The highest BCUT2D eigenvalue weighted by Crippen LogP contribution is 2.15. The molecular formula is C11H11BrN6O. The third-order valence-corrected chi connectivity index (χ3v) is 3.43. The van der Waals surface area contributed by atoms with E-state index in [0.29, 0.717) is 11.4 Å². The van der Waals surface area contributed by atoms with Crippen LogP contribution in [-0.4, -0.2) is 25.5 Å². The topological polar surface area (TPSA) is 88.5 Å². The Kier molecular flexibility index (Phi) is 3.66. The first-order valence-electron chi connectivity index (χ1n) is 5.42. The number of amides is 1. The molecule has 8 heteroatoms. The molecule has 0 aliphatic heterocycles. The van der Waals surface area contributed by atoms with Gasteiger partial charge in [0.2, 0.25) is 5.91 Å². The van der Waals surface area contributed by atoms with Crippen molar-refractivity contribution in [1.29, 1.82) is 5.26 Å². The van der Waals surface area contributed by atoms with E-state index in [0.717, 1.165) is 10.2 Å². The third-order valence-electron chi connectivity index (χ3n) is 2.65. The number of aromatic nitrogens is 4. The van der Waals surface area contributed by atoms with Gasteiger partial charge in [-0.25, -0.2) is 0 Å². The van der Waals surface area contributed by atoms with Gasteiger partial charge in [0.1, 0.15) is 24.0 Å². The molecule has 98 valence electrons. The number of carbonyl (C=O) groups excluding carboxylic acids is 1. The molecule has 0 bridgehead atoms. The Balaban J connectivity index is 2.12. The molecule has 0 aromatic carbocycles. The highest BCUT2D eigenvalue weighted by atomic mass is 79.9. The average Bonchev–Trinajstić information content (AvgIpc) is 2.88. The van der Waals surface area contributed by atoms with E-state index >= 15 is 0 Å². The van der Waals surface area contributed by atoms with Gasteiger partial charge >= 0.3 is 0 Å². The quantitative estimate of drug-likeness (QED) is 0.919. The van der Waals surface area contributed by atoms with E-state index in [4.69, 9.17) is 5.26 Å². The van der Waals surface area contributed by atoms with Gasteiger partial charge in [-0.1, -0.05) is 0 Å². The minimum Gasteiger partial charge on any atom is -0.308 e. The predicted molar refractivity (Wildman–Crippen MR) is 71.2 cm³/mol. The normalized spacial score (nSPS) is 10.2. The highest BCUT2D eigenvalue weighted by Gasteiger charge is 2.13. The van der Waals surface area contributed by atoms with Crippen molar-refractivity contribution in [2.24, 2.45) is 7.05 Å². The SMILES string of the molecule is Cc1c(Br)cnn1CC(=O)Nc1c(C#N)cnn1C. The lowest BCUT2D eigenvalue weighted by Crippen LogP contribution is -2.22. The minimum absolute atomic E-state index is 0.0769. The molecule has 0 radical (unpaired) electrons. The van der Waals surface area contributed by atoms with Crippen LogP contribution >= 0.6 is 15.9 Å². The van der Waals surface area contributed by atoms with E-state index in [1.807, 2.05) is 13.0 Å². The van der Waals surface area contributed by atoms with Crippen LogP contribution in [0.25, 0.3) is 0 Å². The minimum atomic E-state index is -0.265. The second-order valence-corrected chi connectivity index (χ2v) is 4.78. The maximum absolute atomic E-state index is 11.9. The maximum Gasteiger partial charge on any atom is 0.247 e. The van der Waals surface area contributed by atoms with Crippen molar-refractivity contribution < 1.29 is 4.79 Å². The molecule has 0 aliphatic rings. The molecule has 2 heterocycles. The molecule has 0 saturated carbocycles. The number of aryl methyl sites for hydroxylation is 1. The van der Waals surface area contributed by atoms with Crippen molar-refractivity contribution in [2.45, 2.75) is 13.5 Å². The van der Waals surface area contributed by atoms with Crippen LogP contribution in [0.3, 0.4) is 0 Å². The highest BCUT2D eigenvalue weighted by molar-refractivity contribution is 9.10. The molecule has 0 aliphatic carbocycles. The molecule has 0 fully saturated rings. The fourth-order valence-corrected chi connectivity index (χ4v) is 1.85. The van der Waals surface area contributed by atoms with Crippen molar-refractivity contribution in [3.8, 4) is 6.07 Å². The van der Waals surface area contributed by atoms with Crippen molar-refractivity contribution in [1.82, 2.24) is 19.6 Å².